The van der Waals surface area contributed by atoms with Gasteiger partial charge < -0.3 is 14.4 Å². The number of nitrogens with zero attached hydrogens (tertiary/aromatic N) is 3. The van der Waals surface area contributed by atoms with Gasteiger partial charge in [0.1, 0.15) is 17.2 Å². The summed E-state index contributed by atoms with van der Waals surface area (Å²) in [7, 11) is 0. The number of imidazole rings is 2. The van der Waals surface area contributed by atoms with Gasteiger partial charge in [-0.1, -0.05) is 12.1 Å². The number of aromatic nitrogens is 5. The Balaban J connectivity index is 1.27. The molecule has 0 saturated carbocycles. The van der Waals surface area contributed by atoms with E-state index in [4.69, 9.17) is 14.4 Å². The van der Waals surface area contributed by atoms with E-state index in [2.05, 4.69) is 57.4 Å². The first-order valence-electron chi connectivity index (χ1n) is 10.7. The van der Waals surface area contributed by atoms with Crippen molar-refractivity contribution in [3.63, 3.8) is 0 Å². The van der Waals surface area contributed by atoms with Crippen LogP contribution < -0.4 is 0 Å². The lowest BCUT2D eigenvalue weighted by Crippen LogP contribution is -1.80. The van der Waals surface area contributed by atoms with Crippen LogP contribution in [0.2, 0.25) is 0 Å². The molecule has 7 aromatic rings. The first-order valence-corrected chi connectivity index (χ1v) is 10.7. The highest BCUT2D eigenvalue weighted by atomic mass is 16.3. The molecule has 0 radical (unpaired) electrons. The monoisotopic (exact) mass is 427 g/mol. The van der Waals surface area contributed by atoms with E-state index in [0.717, 1.165) is 66.9 Å². The third-order valence-electron chi connectivity index (χ3n) is 5.98. The molecule has 0 amide bonds. The lowest BCUT2D eigenvalue weighted by molar-refractivity contribution is 0.616. The van der Waals surface area contributed by atoms with Crippen LogP contribution in [-0.4, -0.2) is 24.9 Å². The summed E-state index contributed by atoms with van der Waals surface area (Å²) in [6.45, 7) is 0. The Kier molecular flexibility index (Phi) is 3.75. The van der Waals surface area contributed by atoms with Crippen LogP contribution in [0.25, 0.3) is 66.9 Å². The van der Waals surface area contributed by atoms with Crippen molar-refractivity contribution in [1.29, 1.82) is 0 Å². The van der Waals surface area contributed by atoms with Crippen LogP contribution in [0.5, 0.6) is 0 Å². The van der Waals surface area contributed by atoms with E-state index in [1.54, 1.807) is 18.7 Å². The van der Waals surface area contributed by atoms with Crippen molar-refractivity contribution < 1.29 is 4.42 Å². The quantitative estimate of drug-likeness (QED) is 0.334. The average molecular weight is 427 g/mol. The van der Waals surface area contributed by atoms with Crippen LogP contribution in [0, 0.1) is 0 Å². The maximum Gasteiger partial charge on any atom is 0.138 e. The topological polar surface area (TPSA) is 83.4 Å². The molecule has 0 saturated heterocycles. The fourth-order valence-corrected chi connectivity index (χ4v) is 4.28. The highest BCUT2D eigenvalue weighted by Crippen LogP contribution is 2.30. The lowest BCUT2D eigenvalue weighted by Gasteiger charge is -2.01. The van der Waals surface area contributed by atoms with Crippen molar-refractivity contribution in [3.05, 3.63) is 91.5 Å². The fraction of sp³-hybridized carbons (Fsp3) is 0. The maximum atomic E-state index is 5.45. The minimum atomic E-state index is 0.841. The molecule has 0 aliphatic carbocycles. The summed E-state index contributed by atoms with van der Waals surface area (Å²) >= 11 is 0. The molecule has 4 heterocycles. The van der Waals surface area contributed by atoms with Crippen molar-refractivity contribution in [2.45, 2.75) is 0 Å². The second-order valence-electron chi connectivity index (χ2n) is 8.04. The molecule has 6 nitrogen and oxygen atoms in total. The number of benzene rings is 3. The third-order valence-corrected chi connectivity index (χ3v) is 5.98. The molecular formula is C27H17N5O. The second-order valence-corrected chi connectivity index (χ2v) is 8.04. The van der Waals surface area contributed by atoms with E-state index in [1.165, 1.54) is 0 Å². The standard InChI is InChI=1S/C27H17N5O/c1-4-21-23(31-26(29-21)16-7-10-28-11-8-16)14-17(1)18-2-5-22-24(15-18)32-27(30-22)20-3-6-25-19(13-20)9-12-33-25/h1-15H,(H,29,31)(H,30,32). The number of hydrogen-bond donors (Lipinski definition) is 2. The summed E-state index contributed by atoms with van der Waals surface area (Å²) in [5.41, 5.74) is 9.02. The Hall–Kier alpha value is -4.71. The minimum absolute atomic E-state index is 0.841. The highest BCUT2D eigenvalue weighted by Gasteiger charge is 2.10. The largest absolute Gasteiger partial charge is 0.464 e. The first-order chi connectivity index (χ1) is 16.3. The number of furan rings is 1. The number of H-pyrrole nitrogens is 2. The van der Waals surface area contributed by atoms with Crippen molar-refractivity contribution in [1.82, 2.24) is 24.9 Å². The molecule has 6 heteroatoms. The first kappa shape index (κ1) is 17.9. The molecule has 156 valence electrons. The smallest absolute Gasteiger partial charge is 0.138 e. The van der Waals surface area contributed by atoms with Crippen LogP contribution in [0.15, 0.2) is 95.9 Å². The number of hydrogen-bond acceptors (Lipinski definition) is 4. The van der Waals surface area contributed by atoms with Crippen molar-refractivity contribution in [3.8, 4) is 33.9 Å². The number of pyridine rings is 1. The van der Waals surface area contributed by atoms with Gasteiger partial charge in [-0.2, -0.15) is 0 Å². The number of aromatic amines is 2. The Morgan fingerprint density at radius 3 is 1.91 bits per heavy atom. The Morgan fingerprint density at radius 1 is 0.576 bits per heavy atom. The van der Waals surface area contributed by atoms with Crippen molar-refractivity contribution in [2.24, 2.45) is 0 Å². The Bertz CT molecular complexity index is 1770. The zero-order valence-electron chi connectivity index (χ0n) is 17.4. The molecule has 0 aliphatic heterocycles. The molecule has 4 aromatic heterocycles. The van der Waals surface area contributed by atoms with Gasteiger partial charge in [0, 0.05) is 28.9 Å². The second kappa shape index (κ2) is 6.90. The summed E-state index contributed by atoms with van der Waals surface area (Å²) in [6.07, 6.45) is 5.25. The highest BCUT2D eigenvalue weighted by molar-refractivity contribution is 5.89. The van der Waals surface area contributed by atoms with E-state index in [-0.39, 0.29) is 0 Å². The molecule has 3 aromatic carbocycles. The Labute approximate surface area is 188 Å². The van der Waals surface area contributed by atoms with Crippen LogP contribution in [0.3, 0.4) is 0 Å². The van der Waals surface area contributed by atoms with Gasteiger partial charge in [0.15, 0.2) is 0 Å². The zero-order chi connectivity index (χ0) is 21.8. The summed E-state index contributed by atoms with van der Waals surface area (Å²) in [5.74, 6) is 1.68. The summed E-state index contributed by atoms with van der Waals surface area (Å²) in [6, 6.07) is 24.5. The van der Waals surface area contributed by atoms with Crippen LogP contribution >= 0.6 is 0 Å². The SMILES string of the molecule is c1cc(-c2nc3ccc(-c4ccc5nc(-c6ccc7occc7c6)[nH]c5c4)cc3[nH]2)ccn1. The summed E-state index contributed by atoms with van der Waals surface area (Å²) < 4.78 is 5.45. The van der Waals surface area contributed by atoms with Crippen LogP contribution in [-0.2, 0) is 0 Å². The van der Waals surface area contributed by atoms with Gasteiger partial charge >= 0.3 is 0 Å². The van der Waals surface area contributed by atoms with Crippen molar-refractivity contribution >= 4 is 33.0 Å². The molecule has 2 N–H and O–H groups in total. The van der Waals surface area contributed by atoms with Gasteiger partial charge in [0.2, 0.25) is 0 Å². The van der Waals surface area contributed by atoms with E-state index in [1.807, 2.05) is 30.3 Å². The van der Waals surface area contributed by atoms with Crippen molar-refractivity contribution in [2.75, 3.05) is 0 Å². The molecule has 0 unspecified atom stereocenters. The molecule has 0 aliphatic rings. The number of rotatable bonds is 3. The number of fused-ring (bicyclic) bond motifs is 3. The minimum Gasteiger partial charge on any atom is -0.464 e. The zero-order valence-corrected chi connectivity index (χ0v) is 17.4. The van der Waals surface area contributed by atoms with Crippen LogP contribution in [0.4, 0.5) is 0 Å². The maximum absolute atomic E-state index is 5.45. The van der Waals surface area contributed by atoms with E-state index >= 15 is 0 Å². The predicted molar refractivity (Wildman–Crippen MR) is 130 cm³/mol. The van der Waals surface area contributed by atoms with Gasteiger partial charge in [-0.05, 0) is 71.8 Å². The van der Waals surface area contributed by atoms with Gasteiger partial charge in [-0.25, -0.2) is 9.97 Å². The normalized spacial score (nSPS) is 11.6. The van der Waals surface area contributed by atoms with E-state index in [0.29, 0.717) is 0 Å². The lowest BCUT2D eigenvalue weighted by atomic mass is 10.0. The summed E-state index contributed by atoms with van der Waals surface area (Å²) in [4.78, 5) is 20.5. The average Bonchev–Trinajstić information content (AvgIpc) is 3.60. The summed E-state index contributed by atoms with van der Waals surface area (Å²) in [5, 5.41) is 1.06. The Morgan fingerprint density at radius 2 is 1.21 bits per heavy atom. The molecular weight excluding hydrogens is 410 g/mol. The molecule has 33 heavy (non-hydrogen) atoms. The molecule has 7 rings (SSSR count). The predicted octanol–water partition coefficient (Wildman–Crippen LogP) is 6.58. The number of nitrogens with one attached hydrogen (secondary N) is 2. The van der Waals surface area contributed by atoms with Gasteiger partial charge in [0.05, 0.1) is 28.3 Å². The van der Waals surface area contributed by atoms with Gasteiger partial charge in [-0.3, -0.25) is 4.98 Å². The molecule has 0 bridgehead atoms. The molecule has 0 fully saturated rings. The van der Waals surface area contributed by atoms with E-state index in [9.17, 15) is 0 Å². The van der Waals surface area contributed by atoms with Crippen LogP contribution in [0.1, 0.15) is 0 Å². The molecule has 0 atom stereocenters. The van der Waals surface area contributed by atoms with E-state index < -0.39 is 0 Å². The molecule has 0 spiro atoms. The van der Waals surface area contributed by atoms with Gasteiger partial charge in [-0.15, -0.1) is 0 Å². The third kappa shape index (κ3) is 3.00. The fourth-order valence-electron chi connectivity index (χ4n) is 4.28. The van der Waals surface area contributed by atoms with Gasteiger partial charge in [0.25, 0.3) is 0 Å².